The van der Waals surface area contributed by atoms with E-state index in [9.17, 15) is 4.39 Å². The summed E-state index contributed by atoms with van der Waals surface area (Å²) in [6.45, 7) is -0.442. The highest BCUT2D eigenvalue weighted by molar-refractivity contribution is 14.1. The highest BCUT2D eigenvalue weighted by Gasteiger charge is 1.89. The molecule has 0 aromatic rings. The summed E-state index contributed by atoms with van der Waals surface area (Å²) in [5.41, 5.74) is 0. The molecule has 0 saturated carbocycles. The minimum absolute atomic E-state index is 0.340. The van der Waals surface area contributed by atoms with Crippen molar-refractivity contribution in [3.8, 4) is 0 Å². The van der Waals surface area contributed by atoms with Gasteiger partial charge < -0.3 is 0 Å². The molecule has 0 aliphatic heterocycles. The quantitative estimate of drug-likeness (QED) is 0.456. The van der Waals surface area contributed by atoms with E-state index in [1.165, 1.54) is 0 Å². The number of rotatable bonds is 1. The summed E-state index contributed by atoms with van der Waals surface area (Å²) >= 11 is 6.87. The molecule has 0 amide bonds. The lowest BCUT2D eigenvalue weighted by Gasteiger charge is -1.82. The lowest BCUT2D eigenvalue weighted by atomic mass is 10.9. The first kappa shape index (κ1) is 5.95. The van der Waals surface area contributed by atoms with Gasteiger partial charge in [-0.3, -0.25) is 0 Å². The number of hydrogen-bond acceptors (Lipinski definition) is 0. The summed E-state index contributed by atoms with van der Waals surface area (Å²) in [7, 11) is 0. The average Bonchev–Trinajstić information content (AvgIpc) is 1.38. The largest absolute Gasteiger partial charge is 0.249 e. The van der Waals surface area contributed by atoms with Crippen LogP contribution in [-0.4, -0.2) is 10.1 Å². The van der Waals surface area contributed by atoms with E-state index in [0.717, 1.165) is 0 Å². The SMILES string of the molecule is FCC(Cl)I. The zero-order valence-corrected chi connectivity index (χ0v) is 5.33. The van der Waals surface area contributed by atoms with Gasteiger partial charge in [-0.2, -0.15) is 0 Å². The lowest BCUT2D eigenvalue weighted by molar-refractivity contribution is 0.525. The monoisotopic (exact) mass is 208 g/mol. The zero-order valence-electron chi connectivity index (χ0n) is 2.42. The first-order valence-electron chi connectivity index (χ1n) is 1.11. The van der Waals surface area contributed by atoms with Crippen molar-refractivity contribution >= 4 is 34.2 Å². The second kappa shape index (κ2) is 3.15. The Morgan fingerprint density at radius 2 is 2.20 bits per heavy atom. The van der Waals surface area contributed by atoms with E-state index < -0.39 is 6.67 Å². The molecule has 32 valence electrons. The maximum absolute atomic E-state index is 11.0. The van der Waals surface area contributed by atoms with Crippen molar-refractivity contribution in [2.75, 3.05) is 6.67 Å². The molecule has 0 fully saturated rings. The molecule has 0 aromatic heterocycles. The highest BCUT2D eigenvalue weighted by atomic mass is 127. The molecule has 1 unspecified atom stereocenters. The van der Waals surface area contributed by atoms with E-state index in [1.807, 2.05) is 0 Å². The summed E-state index contributed by atoms with van der Waals surface area (Å²) in [6, 6.07) is 0. The van der Waals surface area contributed by atoms with Gasteiger partial charge in [0.05, 0.1) is 0 Å². The third-order valence-corrected chi connectivity index (χ3v) is 0.566. The predicted octanol–water partition coefficient (Wildman–Crippen LogP) is 1.96. The molecule has 0 rings (SSSR count). The van der Waals surface area contributed by atoms with Gasteiger partial charge in [-0.15, -0.1) is 11.6 Å². The van der Waals surface area contributed by atoms with Crippen LogP contribution >= 0.6 is 34.2 Å². The van der Waals surface area contributed by atoms with E-state index in [0.29, 0.717) is 0 Å². The van der Waals surface area contributed by atoms with E-state index in [-0.39, 0.29) is 3.38 Å². The lowest BCUT2D eigenvalue weighted by Crippen LogP contribution is -1.82. The number of halogens is 3. The third kappa shape index (κ3) is 4.95. The summed E-state index contributed by atoms with van der Waals surface area (Å²) in [5.74, 6) is 0. The van der Waals surface area contributed by atoms with Crippen LogP contribution in [0.5, 0.6) is 0 Å². The van der Waals surface area contributed by atoms with Crippen LogP contribution in [0, 0.1) is 0 Å². The van der Waals surface area contributed by atoms with Crippen molar-refractivity contribution in [2.45, 2.75) is 3.38 Å². The maximum Gasteiger partial charge on any atom is 0.115 e. The molecule has 0 spiro atoms. The van der Waals surface area contributed by atoms with Gasteiger partial charge in [0.15, 0.2) is 0 Å². The van der Waals surface area contributed by atoms with Crippen LogP contribution < -0.4 is 0 Å². The Hall–Kier alpha value is 0.950. The van der Waals surface area contributed by atoms with Crippen LogP contribution in [0.1, 0.15) is 0 Å². The van der Waals surface area contributed by atoms with Crippen molar-refractivity contribution in [3.63, 3.8) is 0 Å². The first-order valence-corrected chi connectivity index (χ1v) is 2.79. The van der Waals surface area contributed by atoms with Crippen molar-refractivity contribution in [2.24, 2.45) is 0 Å². The summed E-state index contributed by atoms with van der Waals surface area (Å²) in [4.78, 5) is 0. The molecule has 0 saturated heterocycles. The van der Waals surface area contributed by atoms with Gasteiger partial charge in [-0.1, -0.05) is 22.6 Å². The molecule has 1 atom stereocenters. The van der Waals surface area contributed by atoms with Crippen LogP contribution in [-0.2, 0) is 0 Å². The number of hydrogen-bond donors (Lipinski definition) is 0. The minimum atomic E-state index is -0.442. The molecule has 0 radical (unpaired) electrons. The first-order chi connectivity index (χ1) is 2.27. The van der Waals surface area contributed by atoms with Gasteiger partial charge in [0, 0.05) is 0 Å². The Kier molecular flexibility index (Phi) is 3.75. The molecular weight excluding hydrogens is 205 g/mol. The Labute approximate surface area is 48.8 Å². The van der Waals surface area contributed by atoms with Gasteiger partial charge in [0.2, 0.25) is 0 Å². The Balaban J connectivity index is 2.54. The van der Waals surface area contributed by atoms with Gasteiger partial charge in [0.25, 0.3) is 0 Å². The zero-order chi connectivity index (χ0) is 4.28. The number of alkyl halides is 3. The molecule has 0 N–H and O–H groups in total. The normalized spacial score (nSPS) is 15.0. The summed E-state index contributed by atoms with van der Waals surface area (Å²) < 4.78 is 10.6. The minimum Gasteiger partial charge on any atom is -0.249 e. The fraction of sp³-hybridized carbons (Fsp3) is 1.00. The van der Waals surface area contributed by atoms with Crippen LogP contribution in [0.15, 0.2) is 0 Å². The highest BCUT2D eigenvalue weighted by Crippen LogP contribution is 2.03. The molecule has 0 bridgehead atoms. The van der Waals surface area contributed by atoms with Crippen LogP contribution in [0.4, 0.5) is 4.39 Å². The second-order valence-corrected chi connectivity index (χ2v) is 3.31. The third-order valence-electron chi connectivity index (χ3n) is 0.117. The van der Waals surface area contributed by atoms with E-state index in [1.54, 1.807) is 22.6 Å². The van der Waals surface area contributed by atoms with Gasteiger partial charge in [0.1, 0.15) is 10.1 Å². The average molecular weight is 208 g/mol. The van der Waals surface area contributed by atoms with Crippen molar-refractivity contribution in [1.29, 1.82) is 0 Å². The van der Waals surface area contributed by atoms with Gasteiger partial charge >= 0.3 is 0 Å². The van der Waals surface area contributed by atoms with Crippen LogP contribution in [0.2, 0.25) is 0 Å². The second-order valence-electron chi connectivity index (χ2n) is 0.545. The predicted molar refractivity (Wildman–Crippen MR) is 29.6 cm³/mol. The molecule has 0 nitrogen and oxygen atoms in total. The molecule has 0 heterocycles. The maximum atomic E-state index is 11.0. The van der Waals surface area contributed by atoms with Crippen molar-refractivity contribution in [3.05, 3.63) is 0 Å². The standard InChI is InChI=1S/C2H3ClFI/c3-2(5)1-4/h2H,1H2. The van der Waals surface area contributed by atoms with Crippen molar-refractivity contribution in [1.82, 2.24) is 0 Å². The van der Waals surface area contributed by atoms with Gasteiger partial charge in [-0.05, 0) is 0 Å². The van der Waals surface area contributed by atoms with E-state index in [4.69, 9.17) is 11.6 Å². The fourth-order valence-electron chi connectivity index (χ4n) is 0. The van der Waals surface area contributed by atoms with Crippen LogP contribution in [0.25, 0.3) is 0 Å². The Bertz CT molecular complexity index is 23.6. The molecule has 5 heavy (non-hydrogen) atoms. The summed E-state index contributed by atoms with van der Waals surface area (Å²) in [5, 5.41) is 0. The smallest absolute Gasteiger partial charge is 0.115 e. The molecular formula is C2H3ClFI. The fourth-order valence-corrected chi connectivity index (χ4v) is 0. The molecule has 0 aromatic carbocycles. The van der Waals surface area contributed by atoms with E-state index in [2.05, 4.69) is 0 Å². The van der Waals surface area contributed by atoms with E-state index >= 15 is 0 Å². The van der Waals surface area contributed by atoms with Crippen molar-refractivity contribution < 1.29 is 4.39 Å². The molecule has 3 heteroatoms. The van der Waals surface area contributed by atoms with Crippen LogP contribution in [0.3, 0.4) is 0 Å². The molecule has 0 aliphatic rings. The molecule has 0 aliphatic carbocycles. The topological polar surface area (TPSA) is 0 Å². The van der Waals surface area contributed by atoms with Gasteiger partial charge in [-0.25, -0.2) is 4.39 Å². The Morgan fingerprint density at radius 1 is 2.00 bits per heavy atom. The summed E-state index contributed by atoms with van der Waals surface area (Å²) in [6.07, 6.45) is 0. The Morgan fingerprint density at radius 3 is 2.20 bits per heavy atom.